The lowest BCUT2D eigenvalue weighted by atomic mass is 10.1. The minimum Gasteiger partial charge on any atom is -0.394 e. The number of fused-ring (bicyclic) bond motifs is 1. The van der Waals surface area contributed by atoms with Gasteiger partial charge in [-0.2, -0.15) is 0 Å². The van der Waals surface area contributed by atoms with Crippen LogP contribution in [0.2, 0.25) is 0 Å². The molecule has 0 aliphatic carbocycles. The molecule has 0 bridgehead atoms. The topological polar surface area (TPSA) is 77.0 Å². The van der Waals surface area contributed by atoms with E-state index < -0.39 is 6.04 Å². The maximum atomic E-state index is 12.0. The van der Waals surface area contributed by atoms with E-state index in [1.165, 1.54) is 5.56 Å². The largest absolute Gasteiger partial charge is 0.394 e. The van der Waals surface area contributed by atoms with Crippen LogP contribution in [0.4, 0.5) is 11.4 Å². The summed E-state index contributed by atoms with van der Waals surface area (Å²) in [5.74, 6) is 0.725. The quantitative estimate of drug-likeness (QED) is 0.789. The van der Waals surface area contributed by atoms with Gasteiger partial charge in [-0.05, 0) is 30.7 Å². The number of aliphatic hydroxyl groups is 1. The standard InChI is InChI=1S/C20H22N4O2/c1-13-10-21-19(24(13)11-14-5-3-2-4-6-14)15-7-8-16-17(9-15)23-20(26)18(12-25)22-16/h2-9,13,18,22,25H,10-12H2,1H3,(H,23,26). The maximum absolute atomic E-state index is 12.0. The van der Waals surface area contributed by atoms with E-state index in [4.69, 9.17) is 4.99 Å². The number of carbonyl (C=O) groups excluding carboxylic acids is 1. The molecule has 2 heterocycles. The van der Waals surface area contributed by atoms with Crippen LogP contribution in [0.15, 0.2) is 53.5 Å². The lowest BCUT2D eigenvalue weighted by Gasteiger charge is -2.28. The van der Waals surface area contributed by atoms with Gasteiger partial charge in [-0.1, -0.05) is 30.3 Å². The molecule has 4 rings (SSSR count). The number of aliphatic hydroxyl groups excluding tert-OH is 1. The van der Waals surface area contributed by atoms with Crippen LogP contribution in [-0.4, -0.2) is 47.0 Å². The van der Waals surface area contributed by atoms with E-state index in [0.717, 1.165) is 35.9 Å². The molecule has 2 aromatic rings. The number of amidine groups is 1. The van der Waals surface area contributed by atoms with Gasteiger partial charge < -0.3 is 20.6 Å². The Kier molecular flexibility index (Phi) is 4.34. The van der Waals surface area contributed by atoms with Crippen LogP contribution in [-0.2, 0) is 11.3 Å². The molecule has 2 atom stereocenters. The third-order valence-electron chi connectivity index (χ3n) is 4.87. The van der Waals surface area contributed by atoms with Gasteiger partial charge in [-0.3, -0.25) is 9.79 Å². The summed E-state index contributed by atoms with van der Waals surface area (Å²) in [5.41, 5.74) is 3.76. The minimum absolute atomic E-state index is 0.222. The first kappa shape index (κ1) is 16.6. The van der Waals surface area contributed by atoms with Gasteiger partial charge in [0.25, 0.3) is 0 Å². The Morgan fingerprint density at radius 1 is 1.19 bits per heavy atom. The molecule has 0 aromatic heterocycles. The number of benzene rings is 2. The summed E-state index contributed by atoms with van der Waals surface area (Å²) < 4.78 is 0. The number of nitrogens with zero attached hydrogens (tertiary/aromatic N) is 2. The average molecular weight is 350 g/mol. The highest BCUT2D eigenvalue weighted by atomic mass is 16.3. The second-order valence-electron chi connectivity index (χ2n) is 6.76. The smallest absolute Gasteiger partial charge is 0.249 e. The zero-order chi connectivity index (χ0) is 18.1. The molecule has 6 heteroatoms. The highest BCUT2D eigenvalue weighted by Gasteiger charge is 2.28. The fraction of sp³-hybridized carbons (Fsp3) is 0.300. The number of carbonyl (C=O) groups is 1. The van der Waals surface area contributed by atoms with Gasteiger partial charge in [0.1, 0.15) is 11.9 Å². The monoisotopic (exact) mass is 350 g/mol. The third-order valence-corrected chi connectivity index (χ3v) is 4.87. The first-order valence-electron chi connectivity index (χ1n) is 8.83. The predicted octanol–water partition coefficient (Wildman–Crippen LogP) is 2.06. The minimum atomic E-state index is -0.605. The number of aliphatic imine (C=N–C) groups is 1. The molecule has 0 fully saturated rings. The van der Waals surface area contributed by atoms with Crippen molar-refractivity contribution in [2.24, 2.45) is 4.99 Å². The Labute approximate surface area is 152 Å². The van der Waals surface area contributed by atoms with Crippen LogP contribution in [0.1, 0.15) is 18.1 Å². The summed E-state index contributed by atoms with van der Waals surface area (Å²) in [6, 6.07) is 16.0. The number of anilines is 2. The van der Waals surface area contributed by atoms with Crippen molar-refractivity contribution >= 4 is 23.1 Å². The lowest BCUT2D eigenvalue weighted by Crippen LogP contribution is -2.41. The van der Waals surface area contributed by atoms with Crippen LogP contribution in [0, 0.1) is 0 Å². The Morgan fingerprint density at radius 2 is 2.00 bits per heavy atom. The predicted molar refractivity (Wildman–Crippen MR) is 102 cm³/mol. The molecule has 2 unspecified atom stereocenters. The van der Waals surface area contributed by atoms with Crippen LogP contribution in [0.3, 0.4) is 0 Å². The van der Waals surface area contributed by atoms with Crippen molar-refractivity contribution in [1.29, 1.82) is 0 Å². The Balaban J connectivity index is 1.60. The zero-order valence-electron chi connectivity index (χ0n) is 14.6. The molecule has 1 amide bonds. The van der Waals surface area contributed by atoms with E-state index in [9.17, 15) is 9.90 Å². The molecule has 2 aliphatic heterocycles. The van der Waals surface area contributed by atoms with E-state index in [2.05, 4.69) is 34.6 Å². The summed E-state index contributed by atoms with van der Waals surface area (Å²) >= 11 is 0. The molecule has 2 aromatic carbocycles. The van der Waals surface area contributed by atoms with Crippen LogP contribution < -0.4 is 10.6 Å². The summed E-state index contributed by atoms with van der Waals surface area (Å²) in [7, 11) is 0. The molecule has 0 saturated carbocycles. The number of hydrogen-bond donors (Lipinski definition) is 3. The second-order valence-corrected chi connectivity index (χ2v) is 6.76. The molecule has 2 aliphatic rings. The lowest BCUT2D eigenvalue weighted by molar-refractivity contribution is -0.117. The van der Waals surface area contributed by atoms with Crippen LogP contribution in [0.5, 0.6) is 0 Å². The van der Waals surface area contributed by atoms with E-state index in [-0.39, 0.29) is 12.5 Å². The van der Waals surface area contributed by atoms with Gasteiger partial charge in [0.05, 0.1) is 24.5 Å². The van der Waals surface area contributed by atoms with E-state index in [1.807, 2.05) is 36.4 Å². The zero-order valence-corrected chi connectivity index (χ0v) is 14.6. The molecule has 0 saturated heterocycles. The highest BCUT2D eigenvalue weighted by Crippen LogP contribution is 2.30. The first-order chi connectivity index (χ1) is 12.7. The Hall–Kier alpha value is -2.86. The number of rotatable bonds is 4. The second kappa shape index (κ2) is 6.80. The van der Waals surface area contributed by atoms with Gasteiger partial charge in [-0.15, -0.1) is 0 Å². The van der Waals surface area contributed by atoms with Crippen molar-refractivity contribution in [3.05, 3.63) is 59.7 Å². The van der Waals surface area contributed by atoms with Gasteiger partial charge in [0.2, 0.25) is 5.91 Å². The van der Waals surface area contributed by atoms with Crippen LogP contribution >= 0.6 is 0 Å². The van der Waals surface area contributed by atoms with Crippen molar-refractivity contribution in [3.63, 3.8) is 0 Å². The number of amides is 1. The average Bonchev–Trinajstić information content (AvgIpc) is 3.02. The molecular weight excluding hydrogens is 328 g/mol. The summed E-state index contributed by atoms with van der Waals surface area (Å²) in [6.45, 7) is 3.50. The van der Waals surface area contributed by atoms with E-state index in [0.29, 0.717) is 6.04 Å². The molecule has 134 valence electrons. The van der Waals surface area contributed by atoms with Crippen molar-refractivity contribution in [2.75, 3.05) is 23.8 Å². The molecule has 3 N–H and O–H groups in total. The van der Waals surface area contributed by atoms with Gasteiger partial charge >= 0.3 is 0 Å². The summed E-state index contributed by atoms with van der Waals surface area (Å²) in [6.07, 6.45) is 0. The van der Waals surface area contributed by atoms with E-state index >= 15 is 0 Å². The number of hydrogen-bond acceptors (Lipinski definition) is 5. The van der Waals surface area contributed by atoms with Crippen molar-refractivity contribution in [3.8, 4) is 0 Å². The molecule has 6 nitrogen and oxygen atoms in total. The van der Waals surface area contributed by atoms with Crippen LogP contribution in [0.25, 0.3) is 0 Å². The molecular formula is C20H22N4O2. The summed E-state index contributed by atoms with van der Waals surface area (Å²) in [4.78, 5) is 19.0. The molecule has 0 spiro atoms. The Bertz CT molecular complexity index is 850. The first-order valence-corrected chi connectivity index (χ1v) is 8.83. The van der Waals surface area contributed by atoms with Gasteiger partial charge in [0.15, 0.2) is 0 Å². The fourth-order valence-electron chi connectivity index (χ4n) is 3.40. The van der Waals surface area contributed by atoms with Crippen molar-refractivity contribution in [1.82, 2.24) is 4.90 Å². The van der Waals surface area contributed by atoms with Gasteiger partial charge in [0, 0.05) is 18.2 Å². The Morgan fingerprint density at radius 3 is 2.77 bits per heavy atom. The van der Waals surface area contributed by atoms with Crippen molar-refractivity contribution < 1.29 is 9.90 Å². The van der Waals surface area contributed by atoms with Crippen molar-refractivity contribution in [2.45, 2.75) is 25.6 Å². The van der Waals surface area contributed by atoms with E-state index in [1.54, 1.807) is 0 Å². The SMILES string of the molecule is CC1CN=C(c2ccc3c(c2)NC(=O)C(CO)N3)N1Cc1ccccc1. The summed E-state index contributed by atoms with van der Waals surface area (Å²) in [5, 5.41) is 15.2. The molecule has 26 heavy (non-hydrogen) atoms. The highest BCUT2D eigenvalue weighted by molar-refractivity contribution is 6.06. The maximum Gasteiger partial charge on any atom is 0.249 e. The number of nitrogens with one attached hydrogen (secondary N) is 2. The fourth-order valence-corrected chi connectivity index (χ4v) is 3.40. The van der Waals surface area contributed by atoms with Gasteiger partial charge in [-0.25, -0.2) is 0 Å². The normalized spacial score (nSPS) is 21.7. The third kappa shape index (κ3) is 3.04. The molecule has 0 radical (unpaired) electrons.